The smallest absolute Gasteiger partial charge is 0.233 e. The number of methoxy groups -OCH3 is 1. The molecule has 7 heteroatoms. The number of unbranched alkanes of at least 4 members (excludes halogenated alkanes) is 1. The number of nitrogens with zero attached hydrogens (tertiary/aromatic N) is 3. The minimum absolute atomic E-state index is 0.0984. The molecule has 2 bridgehead atoms. The van der Waals surface area contributed by atoms with Gasteiger partial charge < -0.3 is 14.6 Å². The van der Waals surface area contributed by atoms with E-state index in [9.17, 15) is 4.79 Å². The third kappa shape index (κ3) is 4.98. The fraction of sp³-hybridized carbons (Fsp3) is 0.640. The first kappa shape index (κ1) is 23.1. The summed E-state index contributed by atoms with van der Waals surface area (Å²) in [6.45, 7) is 7.17. The molecule has 1 aromatic carbocycles. The van der Waals surface area contributed by atoms with E-state index in [-0.39, 0.29) is 17.2 Å². The van der Waals surface area contributed by atoms with E-state index in [1.165, 1.54) is 37.4 Å². The molecule has 0 radical (unpaired) electrons. The molecule has 1 N–H and O–H groups in total. The molecule has 1 aromatic heterocycles. The quantitative estimate of drug-likeness (QED) is 0.499. The maximum absolute atomic E-state index is 13.0. The van der Waals surface area contributed by atoms with Crippen LogP contribution >= 0.6 is 11.8 Å². The average molecular weight is 457 g/mol. The van der Waals surface area contributed by atoms with Gasteiger partial charge in [0.2, 0.25) is 5.91 Å². The minimum Gasteiger partial charge on any atom is -0.497 e. The van der Waals surface area contributed by atoms with Crippen molar-refractivity contribution in [2.75, 3.05) is 7.11 Å². The molecular formula is C25H36N4O2S. The Hall–Kier alpha value is -2.02. The Morgan fingerprint density at radius 3 is 2.62 bits per heavy atom. The number of thioether (sulfide) groups is 1. The molecule has 6 nitrogen and oxygen atoms in total. The van der Waals surface area contributed by atoms with Crippen molar-refractivity contribution in [1.82, 2.24) is 20.1 Å². The number of hydrogen-bond acceptors (Lipinski definition) is 5. The summed E-state index contributed by atoms with van der Waals surface area (Å²) in [4.78, 5) is 13.0. The summed E-state index contributed by atoms with van der Waals surface area (Å²) in [7, 11) is 1.66. The highest BCUT2D eigenvalue weighted by Crippen LogP contribution is 2.49. The van der Waals surface area contributed by atoms with Crippen LogP contribution in [-0.4, -0.2) is 39.1 Å². The maximum Gasteiger partial charge on any atom is 0.233 e. The van der Waals surface area contributed by atoms with Crippen molar-refractivity contribution in [2.24, 2.45) is 17.8 Å². The number of nitrogens with one attached hydrogen (secondary N) is 1. The number of carbonyl (C=O) groups is 1. The predicted molar refractivity (Wildman–Crippen MR) is 129 cm³/mol. The monoisotopic (exact) mass is 456 g/mol. The summed E-state index contributed by atoms with van der Waals surface area (Å²) in [5.74, 6) is 4.10. The molecule has 174 valence electrons. The van der Waals surface area contributed by atoms with E-state index in [1.54, 1.807) is 7.11 Å². The highest BCUT2D eigenvalue weighted by atomic mass is 32.2. The summed E-state index contributed by atoms with van der Waals surface area (Å²) in [5, 5.41) is 12.8. The van der Waals surface area contributed by atoms with E-state index in [0.717, 1.165) is 53.5 Å². The molecule has 2 aliphatic carbocycles. The predicted octanol–water partition coefficient (Wildman–Crippen LogP) is 5.18. The molecule has 1 amide bonds. The van der Waals surface area contributed by atoms with Crippen LogP contribution < -0.4 is 10.1 Å². The first-order chi connectivity index (χ1) is 15.5. The second kappa shape index (κ2) is 10.3. The number of amides is 1. The van der Waals surface area contributed by atoms with E-state index in [2.05, 4.69) is 33.9 Å². The molecule has 2 aromatic rings. The van der Waals surface area contributed by atoms with Gasteiger partial charge in [-0.1, -0.05) is 31.5 Å². The third-order valence-corrected chi connectivity index (χ3v) is 8.34. The van der Waals surface area contributed by atoms with Gasteiger partial charge in [0.1, 0.15) is 5.75 Å². The van der Waals surface area contributed by atoms with Crippen LogP contribution in [0.25, 0.3) is 11.4 Å². The number of rotatable bonds is 10. The second-order valence-corrected chi connectivity index (χ2v) is 10.7. The Morgan fingerprint density at radius 1 is 1.22 bits per heavy atom. The normalized spacial score (nSPS) is 23.8. The molecule has 4 rings (SSSR count). The Balaban J connectivity index is 1.43. The zero-order valence-corrected chi connectivity index (χ0v) is 20.5. The lowest BCUT2D eigenvalue weighted by atomic mass is 9.84. The highest BCUT2D eigenvalue weighted by molar-refractivity contribution is 8.00. The van der Waals surface area contributed by atoms with Crippen LogP contribution in [0.1, 0.15) is 59.3 Å². The molecule has 32 heavy (non-hydrogen) atoms. The van der Waals surface area contributed by atoms with Crippen LogP contribution in [-0.2, 0) is 11.3 Å². The molecule has 0 aliphatic heterocycles. The zero-order chi connectivity index (χ0) is 22.7. The SMILES string of the molecule is CCCCn1c(SC(C)C(=O)NC(C)C2CC3CCC2C3)nnc1-c1ccc(OC)cc1. The second-order valence-electron chi connectivity index (χ2n) is 9.44. The summed E-state index contributed by atoms with van der Waals surface area (Å²) in [6.07, 6.45) is 7.50. The number of aromatic nitrogens is 3. The van der Waals surface area contributed by atoms with Gasteiger partial charge in [-0.3, -0.25) is 4.79 Å². The van der Waals surface area contributed by atoms with Gasteiger partial charge in [-0.25, -0.2) is 0 Å². The van der Waals surface area contributed by atoms with Crippen molar-refractivity contribution >= 4 is 17.7 Å². The van der Waals surface area contributed by atoms with Crippen molar-refractivity contribution in [2.45, 2.75) is 82.3 Å². The van der Waals surface area contributed by atoms with Crippen LogP contribution in [0.2, 0.25) is 0 Å². The lowest BCUT2D eigenvalue weighted by molar-refractivity contribution is -0.121. The Labute approximate surface area is 195 Å². The molecule has 2 fully saturated rings. The van der Waals surface area contributed by atoms with E-state index < -0.39 is 0 Å². The average Bonchev–Trinajstić information content (AvgIpc) is 3.54. The van der Waals surface area contributed by atoms with Gasteiger partial charge in [0.15, 0.2) is 11.0 Å². The topological polar surface area (TPSA) is 69.0 Å². The molecule has 2 aliphatic rings. The number of hydrogen-bond donors (Lipinski definition) is 1. The van der Waals surface area contributed by atoms with Crippen LogP contribution in [0.15, 0.2) is 29.4 Å². The van der Waals surface area contributed by atoms with E-state index in [4.69, 9.17) is 4.74 Å². The summed E-state index contributed by atoms with van der Waals surface area (Å²) >= 11 is 1.50. The van der Waals surface area contributed by atoms with Gasteiger partial charge in [0.25, 0.3) is 0 Å². The zero-order valence-electron chi connectivity index (χ0n) is 19.7. The van der Waals surface area contributed by atoms with Crippen molar-refractivity contribution in [3.63, 3.8) is 0 Å². The maximum atomic E-state index is 13.0. The molecule has 0 spiro atoms. The standard InChI is InChI=1S/C25H36N4O2S/c1-5-6-13-29-23(19-9-11-21(31-4)12-10-19)27-28-25(29)32-17(3)24(30)26-16(2)22-15-18-7-8-20(22)14-18/h9-12,16-18,20,22H,5-8,13-15H2,1-4H3,(H,26,30). The Morgan fingerprint density at radius 2 is 2.00 bits per heavy atom. The molecule has 1 heterocycles. The third-order valence-electron chi connectivity index (χ3n) is 7.26. The summed E-state index contributed by atoms with van der Waals surface area (Å²) < 4.78 is 7.43. The number of ether oxygens (including phenoxy) is 1. The number of benzene rings is 1. The first-order valence-corrected chi connectivity index (χ1v) is 12.9. The van der Waals surface area contributed by atoms with Gasteiger partial charge in [-0.15, -0.1) is 10.2 Å². The first-order valence-electron chi connectivity index (χ1n) is 12.0. The van der Waals surface area contributed by atoms with Gasteiger partial charge in [0, 0.05) is 18.2 Å². The number of carbonyl (C=O) groups excluding carboxylic acids is 1. The van der Waals surface area contributed by atoms with Crippen molar-refractivity contribution in [1.29, 1.82) is 0 Å². The summed E-state index contributed by atoms with van der Waals surface area (Å²) in [5.41, 5.74) is 1.00. The van der Waals surface area contributed by atoms with E-state index in [0.29, 0.717) is 5.92 Å². The van der Waals surface area contributed by atoms with Gasteiger partial charge in [-0.2, -0.15) is 0 Å². The highest BCUT2D eigenvalue weighted by Gasteiger charge is 2.42. The van der Waals surface area contributed by atoms with Crippen LogP contribution in [0.3, 0.4) is 0 Å². The fourth-order valence-electron chi connectivity index (χ4n) is 5.41. The van der Waals surface area contributed by atoms with Gasteiger partial charge >= 0.3 is 0 Å². The van der Waals surface area contributed by atoms with E-state index in [1.807, 2.05) is 31.2 Å². The van der Waals surface area contributed by atoms with Crippen molar-refractivity contribution < 1.29 is 9.53 Å². The van der Waals surface area contributed by atoms with Crippen molar-refractivity contribution in [3.8, 4) is 17.1 Å². The van der Waals surface area contributed by atoms with Crippen LogP contribution in [0.4, 0.5) is 0 Å². The molecule has 5 atom stereocenters. The van der Waals surface area contributed by atoms with E-state index >= 15 is 0 Å². The Bertz CT molecular complexity index is 913. The fourth-order valence-corrected chi connectivity index (χ4v) is 6.30. The largest absolute Gasteiger partial charge is 0.497 e. The molecule has 2 saturated carbocycles. The van der Waals surface area contributed by atoms with Crippen LogP contribution in [0, 0.1) is 17.8 Å². The molecular weight excluding hydrogens is 420 g/mol. The van der Waals surface area contributed by atoms with Crippen LogP contribution in [0.5, 0.6) is 5.75 Å². The summed E-state index contributed by atoms with van der Waals surface area (Å²) in [6, 6.07) is 8.14. The van der Waals surface area contributed by atoms with Crippen molar-refractivity contribution in [3.05, 3.63) is 24.3 Å². The minimum atomic E-state index is -0.218. The Kier molecular flexibility index (Phi) is 7.44. The lowest BCUT2D eigenvalue weighted by Crippen LogP contribution is -2.43. The molecule has 5 unspecified atom stereocenters. The molecule has 0 saturated heterocycles. The van der Waals surface area contributed by atoms with Gasteiger partial charge in [0.05, 0.1) is 12.4 Å². The number of fused-ring (bicyclic) bond motifs is 2. The van der Waals surface area contributed by atoms with Gasteiger partial charge in [-0.05, 0) is 81.5 Å². The lowest BCUT2D eigenvalue weighted by Gasteiger charge is -2.29.